The molecule has 0 atom stereocenters. The summed E-state index contributed by atoms with van der Waals surface area (Å²) in [4.78, 5) is 11.8. The molecule has 0 aliphatic rings. The van der Waals surface area contributed by atoms with Gasteiger partial charge in [-0.25, -0.2) is 10.6 Å². The lowest BCUT2D eigenvalue weighted by Crippen LogP contribution is -2.26. The molecular formula is C12H18N2O2. The summed E-state index contributed by atoms with van der Waals surface area (Å²) in [6.45, 7) is 5.51. The zero-order valence-electron chi connectivity index (χ0n) is 10.2. The molecule has 88 valence electrons. The van der Waals surface area contributed by atoms with E-state index < -0.39 is 5.60 Å². The molecule has 0 radical (unpaired) electrons. The van der Waals surface area contributed by atoms with E-state index in [9.17, 15) is 4.79 Å². The maximum absolute atomic E-state index is 11.8. The zero-order chi connectivity index (χ0) is 12.3. The van der Waals surface area contributed by atoms with Gasteiger partial charge >= 0.3 is 5.97 Å². The molecule has 1 aromatic rings. The Morgan fingerprint density at radius 2 is 2.00 bits per heavy atom. The minimum absolute atomic E-state index is 0.337. The van der Waals surface area contributed by atoms with Crippen LogP contribution < -0.4 is 10.9 Å². The van der Waals surface area contributed by atoms with E-state index in [1.807, 2.05) is 26.8 Å². The quantitative estimate of drug-likeness (QED) is 0.472. The summed E-state index contributed by atoms with van der Waals surface area (Å²) in [5.41, 5.74) is 0.787. The van der Waals surface area contributed by atoms with E-state index >= 15 is 0 Å². The first-order valence-corrected chi connectivity index (χ1v) is 5.11. The molecule has 0 spiro atoms. The molecule has 16 heavy (non-hydrogen) atoms. The number of esters is 1. The number of ether oxygens (including phenoxy) is 1. The molecule has 1 aromatic carbocycles. The molecule has 0 amide bonds. The normalized spacial score (nSPS) is 11.1. The summed E-state index contributed by atoms with van der Waals surface area (Å²) in [6.07, 6.45) is 0. The van der Waals surface area contributed by atoms with Crippen molar-refractivity contribution >= 4 is 11.7 Å². The van der Waals surface area contributed by atoms with Crippen LogP contribution in [0.4, 0.5) is 5.69 Å². The maximum Gasteiger partial charge on any atom is 0.338 e. The van der Waals surface area contributed by atoms with Crippen LogP contribution in [0.3, 0.4) is 0 Å². The number of nitrogens with two attached hydrogens (primary N) is 1. The first-order chi connectivity index (χ1) is 7.29. The molecule has 0 saturated carbocycles. The van der Waals surface area contributed by atoms with Crippen LogP contribution >= 0.6 is 0 Å². The van der Waals surface area contributed by atoms with Crippen LogP contribution in [0.25, 0.3) is 0 Å². The third-order valence-electron chi connectivity index (χ3n) is 1.89. The highest BCUT2D eigenvalue weighted by molar-refractivity contribution is 5.90. The van der Waals surface area contributed by atoms with Crippen molar-refractivity contribution in [2.24, 2.45) is 5.84 Å². The van der Waals surface area contributed by atoms with Crippen molar-refractivity contribution in [1.29, 1.82) is 0 Å². The molecule has 0 aliphatic heterocycles. The average Bonchev–Trinajstić information content (AvgIpc) is 2.15. The molecule has 4 heteroatoms. The van der Waals surface area contributed by atoms with Gasteiger partial charge in [0.1, 0.15) is 5.60 Å². The van der Waals surface area contributed by atoms with Crippen molar-refractivity contribution in [3.8, 4) is 0 Å². The minimum Gasteiger partial charge on any atom is -0.456 e. The Bertz CT molecular complexity index is 381. The molecular weight excluding hydrogens is 204 g/mol. The molecule has 2 N–H and O–H groups in total. The van der Waals surface area contributed by atoms with Crippen LogP contribution in [0, 0.1) is 0 Å². The molecule has 0 heterocycles. The van der Waals surface area contributed by atoms with Gasteiger partial charge in [0.2, 0.25) is 0 Å². The minimum atomic E-state index is -0.484. The first-order valence-electron chi connectivity index (χ1n) is 5.11. The van der Waals surface area contributed by atoms with E-state index in [2.05, 4.69) is 0 Å². The van der Waals surface area contributed by atoms with Gasteiger partial charge < -0.3 is 9.75 Å². The molecule has 4 nitrogen and oxygen atoms in total. The highest BCUT2D eigenvalue weighted by Gasteiger charge is 2.18. The van der Waals surface area contributed by atoms with Crippen LogP contribution in [0.2, 0.25) is 0 Å². The molecule has 0 unspecified atom stereocenters. The van der Waals surface area contributed by atoms with Crippen molar-refractivity contribution < 1.29 is 9.53 Å². The number of nitrogens with zero attached hydrogens (tertiary/aromatic N) is 1. The summed E-state index contributed by atoms with van der Waals surface area (Å²) < 4.78 is 5.26. The third kappa shape index (κ3) is 3.55. The van der Waals surface area contributed by atoms with Crippen LogP contribution in [-0.2, 0) is 4.74 Å². The summed E-state index contributed by atoms with van der Waals surface area (Å²) in [6, 6.07) is 7.01. The van der Waals surface area contributed by atoms with Crippen molar-refractivity contribution in [3.05, 3.63) is 29.8 Å². The van der Waals surface area contributed by atoms with Crippen LogP contribution in [0.1, 0.15) is 31.1 Å². The number of hydrazine groups is 1. The zero-order valence-corrected chi connectivity index (χ0v) is 10.2. The second kappa shape index (κ2) is 4.53. The van der Waals surface area contributed by atoms with E-state index in [4.69, 9.17) is 10.6 Å². The third-order valence-corrected chi connectivity index (χ3v) is 1.89. The van der Waals surface area contributed by atoms with Gasteiger partial charge in [0.25, 0.3) is 0 Å². The van der Waals surface area contributed by atoms with Crippen LogP contribution in [0.5, 0.6) is 0 Å². The average molecular weight is 222 g/mol. The number of carbonyl (C=O) groups is 1. The van der Waals surface area contributed by atoms with Crippen molar-refractivity contribution in [2.75, 3.05) is 12.1 Å². The lowest BCUT2D eigenvalue weighted by molar-refractivity contribution is 0.00696. The molecule has 0 fully saturated rings. The Morgan fingerprint density at radius 3 is 2.50 bits per heavy atom. The van der Waals surface area contributed by atoms with Gasteiger partial charge in [0.15, 0.2) is 0 Å². The maximum atomic E-state index is 11.8. The smallest absolute Gasteiger partial charge is 0.338 e. The van der Waals surface area contributed by atoms with E-state index in [-0.39, 0.29) is 5.97 Å². The lowest BCUT2D eigenvalue weighted by atomic mass is 10.1. The number of hydrogen-bond acceptors (Lipinski definition) is 4. The van der Waals surface area contributed by atoms with Crippen molar-refractivity contribution in [1.82, 2.24) is 0 Å². The Labute approximate surface area is 96.0 Å². The Balaban J connectivity index is 2.88. The largest absolute Gasteiger partial charge is 0.456 e. The fourth-order valence-corrected chi connectivity index (χ4v) is 1.19. The molecule has 0 aromatic heterocycles. The number of hydrogen-bond donors (Lipinski definition) is 1. The first kappa shape index (κ1) is 12.5. The molecule has 0 saturated heterocycles. The van der Waals surface area contributed by atoms with Crippen molar-refractivity contribution in [3.63, 3.8) is 0 Å². The van der Waals surface area contributed by atoms with E-state index in [1.165, 1.54) is 5.01 Å². The summed E-state index contributed by atoms with van der Waals surface area (Å²) in [7, 11) is 1.72. The highest BCUT2D eigenvalue weighted by atomic mass is 16.6. The fraction of sp³-hybridized carbons (Fsp3) is 0.417. The van der Waals surface area contributed by atoms with Crippen LogP contribution in [0.15, 0.2) is 24.3 Å². The van der Waals surface area contributed by atoms with Gasteiger partial charge in [-0.1, -0.05) is 6.07 Å². The number of carbonyl (C=O) groups excluding carboxylic acids is 1. The number of benzene rings is 1. The Kier molecular flexibility index (Phi) is 3.55. The molecule has 1 rings (SSSR count). The second-order valence-electron chi connectivity index (χ2n) is 4.66. The van der Waals surface area contributed by atoms with E-state index in [0.29, 0.717) is 5.56 Å². The number of rotatable bonds is 2. The topological polar surface area (TPSA) is 55.6 Å². The SMILES string of the molecule is CN(N)c1cccc(C(=O)OC(C)(C)C)c1. The van der Waals surface area contributed by atoms with E-state index in [0.717, 1.165) is 5.69 Å². The lowest BCUT2D eigenvalue weighted by Gasteiger charge is -2.20. The van der Waals surface area contributed by atoms with E-state index in [1.54, 1.807) is 25.2 Å². The number of anilines is 1. The standard InChI is InChI=1S/C12H18N2O2/c1-12(2,3)16-11(15)9-6-5-7-10(8-9)14(4)13/h5-8H,13H2,1-4H3. The predicted octanol–water partition coefficient (Wildman–Crippen LogP) is 1.95. The summed E-state index contributed by atoms with van der Waals surface area (Å²) >= 11 is 0. The highest BCUT2D eigenvalue weighted by Crippen LogP contribution is 2.16. The summed E-state index contributed by atoms with van der Waals surface area (Å²) in [5.74, 6) is 5.25. The Hall–Kier alpha value is -1.55. The Morgan fingerprint density at radius 1 is 1.38 bits per heavy atom. The van der Waals surface area contributed by atoms with Gasteiger partial charge in [-0.05, 0) is 39.0 Å². The predicted molar refractivity (Wildman–Crippen MR) is 64.2 cm³/mol. The van der Waals surface area contributed by atoms with Crippen molar-refractivity contribution in [2.45, 2.75) is 26.4 Å². The van der Waals surface area contributed by atoms with Gasteiger partial charge in [0, 0.05) is 7.05 Å². The molecule has 0 bridgehead atoms. The summed E-state index contributed by atoms with van der Waals surface area (Å²) in [5, 5.41) is 1.45. The fourth-order valence-electron chi connectivity index (χ4n) is 1.19. The second-order valence-corrected chi connectivity index (χ2v) is 4.66. The molecule has 0 aliphatic carbocycles. The monoisotopic (exact) mass is 222 g/mol. The van der Waals surface area contributed by atoms with Crippen LogP contribution in [-0.4, -0.2) is 18.6 Å². The van der Waals surface area contributed by atoms with Gasteiger partial charge in [-0.2, -0.15) is 0 Å². The van der Waals surface area contributed by atoms with Gasteiger partial charge in [0.05, 0.1) is 11.3 Å². The van der Waals surface area contributed by atoms with Gasteiger partial charge in [-0.3, -0.25) is 0 Å². The van der Waals surface area contributed by atoms with Gasteiger partial charge in [-0.15, -0.1) is 0 Å².